The average molecular weight is 467 g/mol. The summed E-state index contributed by atoms with van der Waals surface area (Å²) in [4.78, 5) is 0. The average Bonchev–Trinajstić information content (AvgIpc) is 2.87. The van der Waals surface area contributed by atoms with Crippen molar-refractivity contribution in [3.63, 3.8) is 0 Å². The number of hydrogen-bond acceptors (Lipinski definition) is 3. The minimum Gasteiger partial charge on any atom is -0.493 e. The van der Waals surface area contributed by atoms with Gasteiger partial charge in [0.1, 0.15) is 5.75 Å². The van der Waals surface area contributed by atoms with Gasteiger partial charge in [-0.1, -0.05) is 49.7 Å². The summed E-state index contributed by atoms with van der Waals surface area (Å²) in [7, 11) is 0. The van der Waals surface area contributed by atoms with Crippen molar-refractivity contribution >= 4 is 0 Å². The van der Waals surface area contributed by atoms with E-state index < -0.39 is 11.6 Å². The van der Waals surface area contributed by atoms with E-state index in [0.717, 1.165) is 49.2 Å². The molecule has 1 heterocycles. The molecule has 0 aliphatic carbocycles. The molecule has 1 fully saturated rings. The first-order chi connectivity index (χ1) is 16.6. The van der Waals surface area contributed by atoms with Crippen molar-refractivity contribution < 1.29 is 23.0 Å². The van der Waals surface area contributed by atoms with Crippen LogP contribution >= 0.6 is 0 Å². The third-order valence-corrected chi connectivity index (χ3v) is 6.29. The van der Waals surface area contributed by atoms with Crippen molar-refractivity contribution in [2.45, 2.75) is 45.6 Å². The quantitative estimate of drug-likeness (QED) is 0.324. The van der Waals surface area contributed by atoms with Gasteiger partial charge in [0, 0.05) is 11.5 Å². The molecule has 0 bridgehead atoms. The zero-order valence-corrected chi connectivity index (χ0v) is 19.9. The van der Waals surface area contributed by atoms with Gasteiger partial charge in [0.2, 0.25) is 5.82 Å². The standard InChI is InChI=1S/C29H32F2O3/c1-3-5-24-13-6-20(18-33-24)19-34-25-14-11-22(12-15-25)21-7-9-23(10-8-21)26-16-17-27(32-4-2)29(31)28(26)30/h7-12,14-17,20,24H,3-6,13,18-19H2,1-2H3. The minimum absolute atomic E-state index is 0.0700. The van der Waals surface area contributed by atoms with Gasteiger partial charge >= 0.3 is 0 Å². The molecule has 2 atom stereocenters. The summed E-state index contributed by atoms with van der Waals surface area (Å²) in [6.45, 7) is 5.64. The van der Waals surface area contributed by atoms with E-state index in [1.807, 2.05) is 36.4 Å². The molecule has 3 nitrogen and oxygen atoms in total. The fourth-order valence-electron chi connectivity index (χ4n) is 4.36. The van der Waals surface area contributed by atoms with Gasteiger partial charge in [0.05, 0.1) is 25.9 Å². The maximum absolute atomic E-state index is 14.5. The van der Waals surface area contributed by atoms with Crippen LogP contribution in [0.2, 0.25) is 0 Å². The van der Waals surface area contributed by atoms with E-state index in [9.17, 15) is 8.78 Å². The number of hydrogen-bond donors (Lipinski definition) is 0. The van der Waals surface area contributed by atoms with Gasteiger partial charge < -0.3 is 14.2 Å². The van der Waals surface area contributed by atoms with Crippen molar-refractivity contribution in [1.29, 1.82) is 0 Å². The topological polar surface area (TPSA) is 27.7 Å². The number of rotatable bonds is 9. The lowest BCUT2D eigenvalue weighted by molar-refractivity contribution is -0.0306. The Morgan fingerprint density at radius 3 is 2.09 bits per heavy atom. The zero-order valence-electron chi connectivity index (χ0n) is 19.9. The molecule has 0 amide bonds. The summed E-state index contributed by atoms with van der Waals surface area (Å²) in [6.07, 6.45) is 4.98. The van der Waals surface area contributed by atoms with Crippen LogP contribution in [0.4, 0.5) is 8.78 Å². The normalized spacial score (nSPS) is 18.0. The van der Waals surface area contributed by atoms with Crippen molar-refractivity contribution in [3.8, 4) is 33.8 Å². The number of benzene rings is 3. The Labute approximate surface area is 200 Å². The fraction of sp³-hybridized carbons (Fsp3) is 0.379. The van der Waals surface area contributed by atoms with Crippen LogP contribution in [-0.2, 0) is 4.74 Å². The molecule has 0 radical (unpaired) electrons. The molecular formula is C29H32F2O3. The molecule has 180 valence electrons. The summed E-state index contributed by atoms with van der Waals surface area (Å²) in [5, 5.41) is 0. The maximum Gasteiger partial charge on any atom is 0.201 e. The lowest BCUT2D eigenvalue weighted by Gasteiger charge is -2.28. The summed E-state index contributed by atoms with van der Waals surface area (Å²) in [5.74, 6) is -0.653. The molecule has 2 unspecified atom stereocenters. The summed E-state index contributed by atoms with van der Waals surface area (Å²) < 4.78 is 45.8. The maximum atomic E-state index is 14.5. The molecule has 0 saturated carbocycles. The van der Waals surface area contributed by atoms with Crippen LogP contribution in [0, 0.1) is 17.6 Å². The van der Waals surface area contributed by atoms with E-state index >= 15 is 0 Å². The van der Waals surface area contributed by atoms with E-state index in [-0.39, 0.29) is 17.9 Å². The molecule has 0 spiro atoms. The van der Waals surface area contributed by atoms with Gasteiger partial charge in [0.25, 0.3) is 0 Å². The van der Waals surface area contributed by atoms with Gasteiger partial charge in [0.15, 0.2) is 11.6 Å². The Morgan fingerprint density at radius 2 is 1.47 bits per heavy atom. The first-order valence-corrected chi connectivity index (χ1v) is 12.1. The van der Waals surface area contributed by atoms with Crippen molar-refractivity contribution in [2.24, 2.45) is 5.92 Å². The highest BCUT2D eigenvalue weighted by Gasteiger charge is 2.21. The van der Waals surface area contributed by atoms with Crippen LogP contribution in [0.5, 0.6) is 11.5 Å². The smallest absolute Gasteiger partial charge is 0.201 e. The molecular weight excluding hydrogens is 434 g/mol. The highest BCUT2D eigenvalue weighted by atomic mass is 19.2. The van der Waals surface area contributed by atoms with E-state index in [2.05, 4.69) is 6.92 Å². The highest BCUT2D eigenvalue weighted by molar-refractivity contribution is 5.71. The van der Waals surface area contributed by atoms with Crippen LogP contribution in [0.25, 0.3) is 22.3 Å². The second-order valence-corrected chi connectivity index (χ2v) is 8.77. The molecule has 0 N–H and O–H groups in total. The molecule has 1 aliphatic heterocycles. The van der Waals surface area contributed by atoms with Gasteiger partial charge in [-0.3, -0.25) is 0 Å². The summed E-state index contributed by atoms with van der Waals surface area (Å²) in [5.41, 5.74) is 2.84. The van der Waals surface area contributed by atoms with Gasteiger partial charge in [-0.25, -0.2) is 4.39 Å². The second-order valence-electron chi connectivity index (χ2n) is 8.77. The van der Waals surface area contributed by atoms with Crippen molar-refractivity contribution in [3.05, 3.63) is 72.3 Å². The monoisotopic (exact) mass is 466 g/mol. The van der Waals surface area contributed by atoms with Gasteiger partial charge in [-0.05, 0) is 67.1 Å². The Bertz CT molecular complexity index is 1060. The SMILES string of the molecule is CCCC1CCC(COc2ccc(-c3ccc(-c4ccc(OCC)c(F)c4F)cc3)cc2)CO1. The molecule has 1 saturated heterocycles. The predicted octanol–water partition coefficient (Wildman–Crippen LogP) is 7.67. The molecule has 5 heteroatoms. The molecule has 4 rings (SSSR count). The first kappa shape index (κ1) is 24.2. The Morgan fingerprint density at radius 1 is 0.794 bits per heavy atom. The Hall–Kier alpha value is -2.92. The number of halogens is 2. The molecule has 0 aromatic heterocycles. The summed E-state index contributed by atoms with van der Waals surface area (Å²) in [6, 6.07) is 18.4. The van der Waals surface area contributed by atoms with Crippen LogP contribution in [0.3, 0.4) is 0 Å². The van der Waals surface area contributed by atoms with E-state index in [4.69, 9.17) is 14.2 Å². The third kappa shape index (κ3) is 5.76. The van der Waals surface area contributed by atoms with Crippen molar-refractivity contribution in [2.75, 3.05) is 19.8 Å². The first-order valence-electron chi connectivity index (χ1n) is 12.1. The highest BCUT2D eigenvalue weighted by Crippen LogP contribution is 2.32. The summed E-state index contributed by atoms with van der Waals surface area (Å²) >= 11 is 0. The second kappa shape index (κ2) is 11.5. The minimum atomic E-state index is -0.959. The van der Waals surface area contributed by atoms with Crippen LogP contribution in [0.1, 0.15) is 39.5 Å². The predicted molar refractivity (Wildman–Crippen MR) is 131 cm³/mol. The van der Waals surface area contributed by atoms with E-state index in [1.165, 1.54) is 6.07 Å². The molecule has 3 aromatic rings. The molecule has 34 heavy (non-hydrogen) atoms. The Balaban J connectivity index is 1.36. The van der Waals surface area contributed by atoms with E-state index in [1.54, 1.807) is 25.1 Å². The third-order valence-electron chi connectivity index (χ3n) is 6.29. The van der Waals surface area contributed by atoms with Gasteiger partial charge in [-0.2, -0.15) is 4.39 Å². The molecule has 1 aliphatic rings. The lowest BCUT2D eigenvalue weighted by Crippen LogP contribution is -2.29. The van der Waals surface area contributed by atoms with Gasteiger partial charge in [-0.15, -0.1) is 0 Å². The Kier molecular flexibility index (Phi) is 8.17. The van der Waals surface area contributed by atoms with Crippen molar-refractivity contribution in [1.82, 2.24) is 0 Å². The fourth-order valence-corrected chi connectivity index (χ4v) is 4.36. The van der Waals surface area contributed by atoms with Crippen LogP contribution in [-0.4, -0.2) is 25.9 Å². The molecule has 3 aromatic carbocycles. The van der Waals surface area contributed by atoms with Crippen LogP contribution < -0.4 is 9.47 Å². The van der Waals surface area contributed by atoms with Crippen LogP contribution in [0.15, 0.2) is 60.7 Å². The zero-order chi connectivity index (χ0) is 23.9. The lowest BCUT2D eigenvalue weighted by atomic mass is 9.97. The largest absolute Gasteiger partial charge is 0.493 e. The van der Waals surface area contributed by atoms with E-state index in [0.29, 0.717) is 24.2 Å². The number of ether oxygens (including phenoxy) is 3.